The summed E-state index contributed by atoms with van der Waals surface area (Å²) >= 11 is 0. The topological polar surface area (TPSA) is 114 Å². The van der Waals surface area contributed by atoms with Gasteiger partial charge in [0.05, 0.1) is 0 Å². The molecule has 0 bridgehead atoms. The maximum absolute atomic E-state index is 14.1. The quantitative estimate of drug-likeness (QED) is 0.110. The fraction of sp³-hybridized carbons (Fsp3) is 0.217. The van der Waals surface area contributed by atoms with E-state index in [2.05, 4.69) is 13.8 Å². The van der Waals surface area contributed by atoms with Crippen LogP contribution in [0.2, 0.25) is 0 Å². The van der Waals surface area contributed by atoms with E-state index >= 15 is 0 Å². The monoisotopic (exact) mass is 712 g/mol. The van der Waals surface area contributed by atoms with Crippen molar-refractivity contribution in [2.75, 3.05) is 0 Å². The van der Waals surface area contributed by atoms with Gasteiger partial charge in [0.1, 0.15) is 0 Å². The Morgan fingerprint density at radius 2 is 0.963 bits per heavy atom. The van der Waals surface area contributed by atoms with Gasteiger partial charge >= 0.3 is 11.8 Å². The fourth-order valence-corrected chi connectivity index (χ4v) is 8.75. The van der Waals surface area contributed by atoms with Gasteiger partial charge in [-0.15, -0.1) is 0 Å². The Kier molecular flexibility index (Phi) is 7.27. The van der Waals surface area contributed by atoms with Crippen molar-refractivity contribution in [2.45, 2.75) is 64.5 Å². The number of rotatable bonds is 10. The molecule has 2 atom stereocenters. The predicted octanol–water partition coefficient (Wildman–Crippen LogP) is 7.13. The second-order valence-electron chi connectivity index (χ2n) is 14.5. The summed E-state index contributed by atoms with van der Waals surface area (Å²) < 4.78 is 16.3. The van der Waals surface area contributed by atoms with Gasteiger partial charge < -0.3 is 19.0 Å². The minimum absolute atomic E-state index is 0.171. The van der Waals surface area contributed by atoms with Crippen LogP contribution in [0.5, 0.6) is 0 Å². The van der Waals surface area contributed by atoms with Gasteiger partial charge in [-0.1, -0.05) is 111 Å². The van der Waals surface area contributed by atoms with Crippen LogP contribution in [0.4, 0.5) is 0 Å². The Morgan fingerprint density at radius 3 is 1.37 bits per heavy atom. The lowest BCUT2D eigenvalue weighted by Crippen LogP contribution is -2.45. The summed E-state index contributed by atoms with van der Waals surface area (Å²) in [7, 11) is 0. The Bertz CT molecular complexity index is 2740. The van der Waals surface area contributed by atoms with E-state index in [0.717, 1.165) is 69.0 Å². The number of carbonyl (C=O) groups is 2. The lowest BCUT2D eigenvalue weighted by molar-refractivity contribution is -0.685. The molecule has 2 unspecified atom stereocenters. The van der Waals surface area contributed by atoms with Crippen LogP contribution in [-0.4, -0.2) is 11.6 Å². The SMILES string of the molecule is CCCC[n+]1c(C2C(=O)C(c3ccc4ccc5c(C6=C([O-])C(c7oc8ccccc8[n+]7CCCC)C6=O)ccc6ccc3c4c65)=C2[O-])oc2ccccc21. The summed E-state index contributed by atoms with van der Waals surface area (Å²) in [4.78, 5) is 28.1. The minimum atomic E-state index is -0.998. The normalized spacial score (nSPS) is 17.6. The van der Waals surface area contributed by atoms with Crippen molar-refractivity contribution < 1.29 is 37.8 Å². The van der Waals surface area contributed by atoms with Crippen molar-refractivity contribution in [1.29, 1.82) is 0 Å². The number of nitrogens with zero attached hydrogens (tertiary/aromatic N) is 2. The molecule has 6 aromatic carbocycles. The van der Waals surface area contributed by atoms with E-state index in [4.69, 9.17) is 8.83 Å². The Labute approximate surface area is 310 Å². The van der Waals surface area contributed by atoms with Crippen molar-refractivity contribution in [3.05, 3.63) is 131 Å². The number of ketones is 2. The first-order valence-corrected chi connectivity index (χ1v) is 18.9. The third kappa shape index (κ3) is 4.43. The first kappa shape index (κ1) is 32.4. The molecule has 8 aromatic rings. The molecule has 8 heteroatoms. The number of unbranched alkanes of at least 4 members (excludes halogenated alkanes) is 2. The van der Waals surface area contributed by atoms with Crippen LogP contribution >= 0.6 is 0 Å². The smallest absolute Gasteiger partial charge is 0.362 e. The van der Waals surface area contributed by atoms with E-state index < -0.39 is 11.8 Å². The standard InChI is InChI=1S/C46H36N2O6/c1-3-5-23-47-31-11-7-9-13-33(31)53-45(47)39-41(49)37(42(39)50)29-21-17-25-16-20-28-30(22-18-26-15-19-27(29)35(25)36(26)28)38-43(51)40(44(38)52)46-48(24-6-4-2)32-12-8-10-14-34(32)54-46/h7-22,39-40H,3-6,23-24H2,1-2H3. The zero-order chi connectivity index (χ0) is 36.8. The van der Waals surface area contributed by atoms with Gasteiger partial charge in [-0.3, -0.25) is 9.59 Å². The first-order chi connectivity index (χ1) is 26.4. The maximum Gasteiger partial charge on any atom is 0.362 e. The molecule has 0 aliphatic heterocycles. The van der Waals surface area contributed by atoms with E-state index in [1.807, 2.05) is 106 Å². The maximum atomic E-state index is 14.1. The third-order valence-corrected chi connectivity index (χ3v) is 11.5. The molecule has 0 radical (unpaired) electrons. The van der Waals surface area contributed by atoms with Gasteiger partial charge in [0, 0.05) is 36.1 Å². The lowest BCUT2D eigenvalue weighted by atomic mass is 9.75. The molecule has 0 spiro atoms. The van der Waals surface area contributed by atoms with E-state index in [9.17, 15) is 19.8 Å². The summed E-state index contributed by atoms with van der Waals surface area (Å²) in [6.45, 7) is 5.51. The van der Waals surface area contributed by atoms with Crippen molar-refractivity contribution >= 4 is 77.2 Å². The molecular formula is C46H36N2O6. The zero-order valence-electron chi connectivity index (χ0n) is 30.0. The second-order valence-corrected chi connectivity index (χ2v) is 14.5. The number of aromatic nitrogens is 2. The molecule has 8 nitrogen and oxygen atoms in total. The van der Waals surface area contributed by atoms with Gasteiger partial charge in [0.25, 0.3) is 11.0 Å². The van der Waals surface area contributed by atoms with Crippen molar-refractivity contribution in [3.63, 3.8) is 0 Å². The number of aryl methyl sites for hydroxylation is 2. The number of hydrogen-bond donors (Lipinski definition) is 0. The third-order valence-electron chi connectivity index (χ3n) is 11.5. The van der Waals surface area contributed by atoms with E-state index in [0.29, 0.717) is 47.2 Å². The van der Waals surface area contributed by atoms with Crippen molar-refractivity contribution in [2.24, 2.45) is 0 Å². The molecule has 266 valence electrons. The highest BCUT2D eigenvalue weighted by Crippen LogP contribution is 2.48. The summed E-state index contributed by atoms with van der Waals surface area (Å²) in [6.07, 6.45) is 3.70. The number of para-hydroxylation sites is 4. The largest absolute Gasteiger partial charge is 0.874 e. The summed E-state index contributed by atoms with van der Waals surface area (Å²) in [5.41, 5.74) is 4.54. The van der Waals surface area contributed by atoms with Crippen molar-refractivity contribution in [3.8, 4) is 0 Å². The van der Waals surface area contributed by atoms with Crippen LogP contribution in [-0.2, 0) is 22.7 Å². The average Bonchev–Trinajstić information content (AvgIpc) is 3.73. The second kappa shape index (κ2) is 12.1. The van der Waals surface area contributed by atoms with E-state index in [1.54, 1.807) is 0 Å². The highest BCUT2D eigenvalue weighted by Gasteiger charge is 2.46. The number of Topliss-reactive ketones (excluding diaryl/α,β-unsaturated/α-hetero) is 2. The van der Waals surface area contributed by atoms with Gasteiger partial charge in [-0.2, -0.15) is 9.13 Å². The number of fused-ring (bicyclic) bond motifs is 2. The fourth-order valence-electron chi connectivity index (χ4n) is 8.75. The molecule has 0 saturated carbocycles. The highest BCUT2D eigenvalue weighted by molar-refractivity contribution is 6.38. The van der Waals surface area contributed by atoms with Gasteiger partial charge in [0.15, 0.2) is 36.5 Å². The highest BCUT2D eigenvalue weighted by atomic mass is 16.4. The molecule has 10 rings (SSSR count). The van der Waals surface area contributed by atoms with Gasteiger partial charge in [-0.25, -0.2) is 0 Å². The molecule has 0 N–H and O–H groups in total. The average molecular weight is 713 g/mol. The molecule has 2 aliphatic rings. The van der Waals surface area contributed by atoms with E-state index in [1.165, 1.54) is 0 Å². The van der Waals surface area contributed by atoms with Crippen LogP contribution in [0.3, 0.4) is 0 Å². The Morgan fingerprint density at radius 1 is 0.556 bits per heavy atom. The number of hydrogen-bond acceptors (Lipinski definition) is 6. The van der Waals surface area contributed by atoms with Crippen LogP contribution in [0.15, 0.2) is 117 Å². The Hall–Kier alpha value is -6.28. The minimum Gasteiger partial charge on any atom is -0.874 e. The molecular weight excluding hydrogens is 677 g/mol. The van der Waals surface area contributed by atoms with Gasteiger partial charge in [-0.05, 0) is 55.6 Å². The molecule has 54 heavy (non-hydrogen) atoms. The number of benzene rings is 6. The Balaban J connectivity index is 1.09. The van der Waals surface area contributed by atoms with Crippen LogP contribution < -0.4 is 19.3 Å². The van der Waals surface area contributed by atoms with Crippen LogP contribution in [0.1, 0.15) is 74.3 Å². The van der Waals surface area contributed by atoms with Gasteiger partial charge in [0.2, 0.25) is 11.2 Å². The molecule has 2 aliphatic carbocycles. The zero-order valence-corrected chi connectivity index (χ0v) is 30.0. The molecule has 0 fully saturated rings. The molecule has 2 aromatic heterocycles. The molecule has 2 heterocycles. The van der Waals surface area contributed by atoms with Crippen LogP contribution in [0, 0.1) is 0 Å². The van der Waals surface area contributed by atoms with E-state index in [-0.39, 0.29) is 34.2 Å². The summed E-state index contributed by atoms with van der Waals surface area (Å²) in [5.74, 6) is -2.25. The summed E-state index contributed by atoms with van der Waals surface area (Å²) in [6, 6.07) is 30.7. The van der Waals surface area contributed by atoms with Crippen LogP contribution in [0.25, 0.3) is 65.7 Å². The number of carbonyl (C=O) groups excluding carboxylic acids is 2. The first-order valence-electron chi connectivity index (χ1n) is 18.9. The molecule has 0 saturated heterocycles. The lowest BCUT2D eigenvalue weighted by Gasteiger charge is -2.34. The summed E-state index contributed by atoms with van der Waals surface area (Å²) in [5, 5.41) is 33.3. The number of oxazole rings is 2. The predicted molar refractivity (Wildman–Crippen MR) is 202 cm³/mol. The molecule has 0 amide bonds. The number of allylic oxidation sites excluding steroid dienone is 4. The van der Waals surface area contributed by atoms with Crippen molar-refractivity contribution in [1.82, 2.24) is 0 Å².